The fraction of sp³-hybridized carbons (Fsp3) is 0.148. The summed E-state index contributed by atoms with van der Waals surface area (Å²) >= 11 is 12.5. The van der Waals surface area contributed by atoms with Gasteiger partial charge < -0.3 is 19.2 Å². The van der Waals surface area contributed by atoms with Gasteiger partial charge in [0.2, 0.25) is 5.91 Å². The summed E-state index contributed by atoms with van der Waals surface area (Å²) in [7, 11) is 1.56. The molecule has 1 heterocycles. The highest BCUT2D eigenvalue weighted by Crippen LogP contribution is 2.40. The van der Waals surface area contributed by atoms with E-state index in [2.05, 4.69) is 5.32 Å². The molecule has 0 atom stereocenters. The number of furan rings is 1. The first-order valence-electron chi connectivity index (χ1n) is 10.7. The number of hydrogen-bond acceptors (Lipinski definition) is 4. The molecule has 34 heavy (non-hydrogen) atoms. The third-order valence-corrected chi connectivity index (χ3v) is 5.88. The third-order valence-electron chi connectivity index (χ3n) is 5.33. The lowest BCUT2D eigenvalue weighted by Crippen LogP contribution is -2.09. The molecule has 174 valence electrons. The zero-order chi connectivity index (χ0) is 24.2. The van der Waals surface area contributed by atoms with Crippen molar-refractivity contribution < 1.29 is 18.7 Å². The van der Waals surface area contributed by atoms with Gasteiger partial charge in [-0.25, -0.2) is 0 Å². The van der Waals surface area contributed by atoms with Crippen molar-refractivity contribution in [3.05, 3.63) is 82.5 Å². The Hall–Kier alpha value is -3.41. The van der Waals surface area contributed by atoms with Crippen LogP contribution in [-0.2, 0) is 4.79 Å². The zero-order valence-corrected chi connectivity index (χ0v) is 20.5. The summed E-state index contributed by atoms with van der Waals surface area (Å²) in [6, 6.07) is 16.4. The van der Waals surface area contributed by atoms with Gasteiger partial charge in [0.15, 0.2) is 0 Å². The Kier molecular flexibility index (Phi) is 7.15. The van der Waals surface area contributed by atoms with Crippen LogP contribution in [0.4, 0.5) is 5.69 Å². The number of rotatable bonds is 7. The minimum atomic E-state index is -0.280. The summed E-state index contributed by atoms with van der Waals surface area (Å²) in [5.74, 6) is 0.927. The number of benzene rings is 3. The predicted octanol–water partition coefficient (Wildman–Crippen LogP) is 7.86. The van der Waals surface area contributed by atoms with Gasteiger partial charge in [-0.15, -0.1) is 0 Å². The van der Waals surface area contributed by atoms with Gasteiger partial charge in [-0.3, -0.25) is 4.79 Å². The van der Waals surface area contributed by atoms with Crippen LogP contribution >= 0.6 is 23.2 Å². The molecule has 4 rings (SSSR count). The fourth-order valence-electron chi connectivity index (χ4n) is 3.75. The number of carbonyl (C=O) groups excluding carboxylic acids is 1. The second kappa shape index (κ2) is 10.2. The SMILES string of the molecule is CCOc1cc2occ(-c3ccc(Cl)cc3Cl)c2cc1/C(C)=C/C(=O)Nc1ccccc1OC. The zero-order valence-electron chi connectivity index (χ0n) is 18.9. The maximum atomic E-state index is 12.8. The van der Waals surface area contributed by atoms with Crippen molar-refractivity contribution in [2.24, 2.45) is 0 Å². The maximum Gasteiger partial charge on any atom is 0.248 e. The standard InChI is InChI=1S/C27H23Cl2NO4/c1-4-33-25-14-26-20(21(15-34-26)18-10-9-17(28)12-22(18)29)13-19(25)16(2)11-27(31)30-23-7-5-6-8-24(23)32-3/h5-15H,4H2,1-3H3,(H,30,31)/b16-11+. The normalized spacial score (nSPS) is 11.5. The molecule has 0 aliphatic carbocycles. The molecule has 0 saturated heterocycles. The van der Waals surface area contributed by atoms with Gasteiger partial charge in [0.05, 0.1) is 30.7 Å². The molecule has 0 aliphatic rings. The second-order valence-corrected chi connectivity index (χ2v) is 8.41. The molecule has 1 N–H and O–H groups in total. The molecule has 3 aromatic carbocycles. The van der Waals surface area contributed by atoms with Crippen LogP contribution in [0.1, 0.15) is 19.4 Å². The molecule has 5 nitrogen and oxygen atoms in total. The van der Waals surface area contributed by atoms with Crippen molar-refractivity contribution in [2.45, 2.75) is 13.8 Å². The molecule has 0 spiro atoms. The quantitative estimate of drug-likeness (QED) is 0.265. The van der Waals surface area contributed by atoms with Crippen molar-refractivity contribution in [1.29, 1.82) is 0 Å². The summed E-state index contributed by atoms with van der Waals surface area (Å²) in [4.78, 5) is 12.8. The van der Waals surface area contributed by atoms with Crippen molar-refractivity contribution in [3.8, 4) is 22.6 Å². The van der Waals surface area contributed by atoms with E-state index >= 15 is 0 Å². The van der Waals surface area contributed by atoms with Crippen LogP contribution in [0.2, 0.25) is 10.0 Å². The number of para-hydroxylation sites is 2. The highest BCUT2D eigenvalue weighted by molar-refractivity contribution is 6.36. The van der Waals surface area contributed by atoms with Crippen molar-refractivity contribution in [1.82, 2.24) is 0 Å². The molecule has 1 amide bonds. The smallest absolute Gasteiger partial charge is 0.248 e. The van der Waals surface area contributed by atoms with Crippen LogP contribution in [0, 0.1) is 0 Å². The highest BCUT2D eigenvalue weighted by atomic mass is 35.5. The molecule has 0 fully saturated rings. The maximum absolute atomic E-state index is 12.8. The number of anilines is 1. The number of methoxy groups -OCH3 is 1. The van der Waals surface area contributed by atoms with Crippen LogP contribution in [0.3, 0.4) is 0 Å². The summed E-state index contributed by atoms with van der Waals surface area (Å²) < 4.78 is 17.0. The van der Waals surface area contributed by atoms with Gasteiger partial charge in [-0.1, -0.05) is 41.4 Å². The first-order chi connectivity index (χ1) is 16.4. The molecule has 1 aromatic heterocycles. The molecule has 0 saturated carbocycles. The van der Waals surface area contributed by atoms with Gasteiger partial charge in [-0.2, -0.15) is 0 Å². The van der Waals surface area contributed by atoms with Crippen LogP contribution < -0.4 is 14.8 Å². The Morgan fingerprint density at radius 1 is 1.06 bits per heavy atom. The van der Waals surface area contributed by atoms with Gasteiger partial charge in [0, 0.05) is 39.2 Å². The van der Waals surface area contributed by atoms with E-state index in [-0.39, 0.29) is 5.91 Å². The number of halogens is 2. The molecule has 7 heteroatoms. The molecule has 0 bridgehead atoms. The molecular weight excluding hydrogens is 473 g/mol. The number of hydrogen-bond donors (Lipinski definition) is 1. The number of amides is 1. The monoisotopic (exact) mass is 495 g/mol. The predicted molar refractivity (Wildman–Crippen MR) is 138 cm³/mol. The van der Waals surface area contributed by atoms with Crippen LogP contribution in [0.5, 0.6) is 11.5 Å². The number of carbonyl (C=O) groups is 1. The van der Waals surface area contributed by atoms with E-state index < -0.39 is 0 Å². The van der Waals surface area contributed by atoms with Gasteiger partial charge in [-0.05, 0) is 49.8 Å². The average molecular weight is 496 g/mol. The lowest BCUT2D eigenvalue weighted by atomic mass is 9.99. The lowest BCUT2D eigenvalue weighted by molar-refractivity contribution is -0.111. The third kappa shape index (κ3) is 4.91. The van der Waals surface area contributed by atoms with E-state index in [9.17, 15) is 4.79 Å². The first kappa shape index (κ1) is 23.7. The number of ether oxygens (including phenoxy) is 2. The highest BCUT2D eigenvalue weighted by Gasteiger charge is 2.17. The second-order valence-electron chi connectivity index (χ2n) is 7.57. The van der Waals surface area contributed by atoms with Crippen molar-refractivity contribution in [3.63, 3.8) is 0 Å². The van der Waals surface area contributed by atoms with E-state index in [4.69, 9.17) is 37.1 Å². The fourth-order valence-corrected chi connectivity index (χ4v) is 4.26. The Bertz CT molecular complexity index is 1390. The lowest BCUT2D eigenvalue weighted by Gasteiger charge is -2.12. The summed E-state index contributed by atoms with van der Waals surface area (Å²) in [5, 5.41) is 4.79. The minimum Gasteiger partial charge on any atom is -0.495 e. The summed E-state index contributed by atoms with van der Waals surface area (Å²) in [5.41, 5.74) is 4.38. The van der Waals surface area contributed by atoms with Crippen LogP contribution in [-0.4, -0.2) is 19.6 Å². The van der Waals surface area contributed by atoms with Crippen molar-refractivity contribution in [2.75, 3.05) is 19.0 Å². The van der Waals surface area contributed by atoms with Crippen LogP contribution in [0.25, 0.3) is 27.7 Å². The van der Waals surface area contributed by atoms with Gasteiger partial charge in [0.1, 0.15) is 17.1 Å². The Morgan fingerprint density at radius 3 is 2.59 bits per heavy atom. The number of fused-ring (bicyclic) bond motifs is 1. The Morgan fingerprint density at radius 2 is 1.85 bits per heavy atom. The van der Waals surface area contributed by atoms with Gasteiger partial charge >= 0.3 is 0 Å². The number of allylic oxidation sites excluding steroid dienone is 1. The largest absolute Gasteiger partial charge is 0.495 e. The Labute approximate surface area is 207 Å². The van der Waals surface area contributed by atoms with E-state index in [1.54, 1.807) is 37.6 Å². The summed E-state index contributed by atoms with van der Waals surface area (Å²) in [6.07, 6.45) is 3.19. The van der Waals surface area contributed by atoms with E-state index in [1.807, 2.05) is 44.2 Å². The summed E-state index contributed by atoms with van der Waals surface area (Å²) in [6.45, 7) is 4.23. The van der Waals surface area contributed by atoms with Crippen LogP contribution in [0.15, 0.2) is 71.4 Å². The topological polar surface area (TPSA) is 60.7 Å². The van der Waals surface area contributed by atoms with E-state index in [1.165, 1.54) is 6.08 Å². The number of nitrogens with one attached hydrogen (secondary N) is 1. The first-order valence-corrected chi connectivity index (χ1v) is 11.4. The molecule has 4 aromatic rings. The average Bonchev–Trinajstić information content (AvgIpc) is 3.21. The minimum absolute atomic E-state index is 0.280. The molecule has 0 aliphatic heterocycles. The van der Waals surface area contributed by atoms with Crippen molar-refractivity contribution >= 4 is 51.3 Å². The van der Waals surface area contributed by atoms with E-state index in [0.29, 0.717) is 39.4 Å². The Balaban J connectivity index is 1.75. The van der Waals surface area contributed by atoms with E-state index in [0.717, 1.165) is 27.6 Å². The molecule has 0 unspecified atom stereocenters. The van der Waals surface area contributed by atoms with Gasteiger partial charge in [0.25, 0.3) is 0 Å². The molecule has 0 radical (unpaired) electrons. The molecular formula is C27H23Cl2NO4.